The van der Waals surface area contributed by atoms with Crippen molar-refractivity contribution in [2.45, 2.75) is 265 Å². The molecule has 0 saturated carbocycles. The third kappa shape index (κ3) is 17.2. The summed E-state index contributed by atoms with van der Waals surface area (Å²) >= 11 is 0. The monoisotopic (exact) mass is 1740 g/mol. The minimum absolute atomic E-state index is 0.995. The van der Waals surface area contributed by atoms with Crippen LogP contribution in [-0.4, -0.2) is 13.7 Å². The molecule has 3 aromatic heterocycles. The lowest BCUT2D eigenvalue weighted by Gasteiger charge is -2.26. The lowest BCUT2D eigenvalue weighted by molar-refractivity contribution is 1.04. The Labute approximate surface area is 796 Å². The van der Waals surface area contributed by atoms with Gasteiger partial charge >= 0.3 is 0 Å². The molecule has 0 spiro atoms. The first-order valence-corrected chi connectivity index (χ1v) is 51.8. The summed E-state index contributed by atoms with van der Waals surface area (Å²) in [6, 6.07) is 103. The maximum absolute atomic E-state index is 2.57. The fourth-order valence-corrected chi connectivity index (χ4v) is 21.4. The molecular formula is C129H153N3. The number of benzene rings is 15. The summed E-state index contributed by atoms with van der Waals surface area (Å²) < 4.78 is 7.71. The first kappa shape index (κ1) is 102. The number of aromatic nitrogens is 3. The average Bonchev–Trinajstić information content (AvgIpc) is 1.53. The van der Waals surface area contributed by atoms with Crippen molar-refractivity contribution in [3.05, 3.63) is 373 Å². The maximum atomic E-state index is 2.57. The quantitative estimate of drug-likeness (QED) is 0.144. The third-order valence-corrected chi connectivity index (χ3v) is 25.3. The first-order valence-electron chi connectivity index (χ1n) is 51.8. The van der Waals surface area contributed by atoms with Crippen LogP contribution in [0.2, 0.25) is 0 Å². The van der Waals surface area contributed by atoms with Crippen LogP contribution in [0.1, 0.15) is 308 Å². The van der Waals surface area contributed by atoms with Gasteiger partial charge in [0.1, 0.15) is 0 Å². The van der Waals surface area contributed by atoms with E-state index in [-0.39, 0.29) is 0 Å². The molecule has 3 aliphatic heterocycles. The van der Waals surface area contributed by atoms with Gasteiger partial charge in [0.05, 0.1) is 50.2 Å². The second-order valence-electron chi connectivity index (χ2n) is 30.2. The molecule has 9 aliphatic rings. The van der Waals surface area contributed by atoms with Crippen LogP contribution in [0.25, 0.3) is 149 Å². The largest absolute Gasteiger partial charge is 0.309 e. The predicted octanol–water partition coefficient (Wildman–Crippen LogP) is 38.9. The second kappa shape index (κ2) is 47.7. The van der Waals surface area contributed by atoms with E-state index in [2.05, 4.69) is 287 Å². The van der Waals surface area contributed by atoms with Crippen molar-refractivity contribution < 1.29 is 0 Å². The first-order chi connectivity index (χ1) is 65.6. The summed E-state index contributed by atoms with van der Waals surface area (Å²) in [6.07, 6.45) is 9.24. The summed E-state index contributed by atoms with van der Waals surface area (Å²) in [4.78, 5) is 0. The number of para-hydroxylation sites is 3. The Morgan fingerprint density at radius 3 is 0.811 bits per heavy atom. The van der Waals surface area contributed by atoms with Crippen molar-refractivity contribution in [2.75, 3.05) is 0 Å². The van der Waals surface area contributed by atoms with Crippen molar-refractivity contribution in [3.8, 4) is 83.8 Å². The van der Waals surface area contributed by atoms with Crippen molar-refractivity contribution in [1.82, 2.24) is 13.7 Å². The molecule has 18 aromatic rings. The van der Waals surface area contributed by atoms with Crippen LogP contribution in [0.15, 0.2) is 273 Å². The Kier molecular flexibility index (Phi) is 36.8. The van der Waals surface area contributed by atoms with E-state index in [1.54, 1.807) is 0 Å². The van der Waals surface area contributed by atoms with Crippen LogP contribution in [-0.2, 0) is 57.8 Å². The summed E-state index contributed by atoms with van der Waals surface area (Å²) in [5.74, 6) is 0. The minimum Gasteiger partial charge on any atom is -0.309 e. The number of hydrogen-bond donors (Lipinski definition) is 0. The standard InChI is InChI=1S/3C33H21N.15C2H6/c1-3-9-23-20(8-1)16-27-26(23)17-22-18-28-30(34-29-12-6-5-11-25(29)32(27)33(22)34)14-13-21-15-19-7-2-4-10-24(19)31(21)28;1-3-9-24-19(7-1)15-21-13-14-29-27(30(21)24)18-23-17-22-16-20-8-2-4-10-25(20)31(22)32-26-11-5-6-12-28(26)34(29)33(23)32;1-3-9-23-19(7-1)15-21-13-14-30-27(31(21)23)18-28-32-22(16-20-8-2-4-10-24(20)32)17-26-25-11-5-6-12-29(25)34(30)33(26)28;15*1-2/h3*1-14,17H,15-16,18H2;15*1-2H3. The molecule has 0 atom stereocenters. The zero-order valence-electron chi connectivity index (χ0n) is 86.2. The van der Waals surface area contributed by atoms with Gasteiger partial charge in [-0.1, -0.05) is 432 Å². The summed E-state index contributed by atoms with van der Waals surface area (Å²) in [5.41, 5.74) is 56.3. The van der Waals surface area contributed by atoms with Crippen molar-refractivity contribution >= 4 is 65.4 Å². The van der Waals surface area contributed by atoms with Crippen molar-refractivity contribution in [2.24, 2.45) is 0 Å². The molecule has 0 N–H and O–H groups in total. The van der Waals surface area contributed by atoms with Gasteiger partial charge in [-0.25, -0.2) is 0 Å². The molecule has 3 heteroatoms. The molecule has 15 aromatic carbocycles. The Hall–Kier alpha value is -12.3. The average molecular weight is 1750 g/mol. The maximum Gasteiger partial charge on any atom is 0.0583 e. The lowest BCUT2D eigenvalue weighted by Crippen LogP contribution is -2.11. The van der Waals surface area contributed by atoms with E-state index in [0.29, 0.717) is 0 Å². The fourth-order valence-electron chi connectivity index (χ4n) is 21.4. The van der Waals surface area contributed by atoms with E-state index in [4.69, 9.17) is 0 Å². The molecule has 0 fully saturated rings. The highest BCUT2D eigenvalue weighted by Crippen LogP contribution is 2.57. The van der Waals surface area contributed by atoms with Gasteiger partial charge in [0, 0.05) is 51.6 Å². The molecule has 6 aliphatic carbocycles. The van der Waals surface area contributed by atoms with Gasteiger partial charge in [-0.15, -0.1) is 0 Å². The van der Waals surface area contributed by atoms with E-state index in [0.717, 1.165) is 57.8 Å². The van der Waals surface area contributed by atoms with Crippen molar-refractivity contribution in [3.63, 3.8) is 0 Å². The summed E-state index contributed by atoms with van der Waals surface area (Å²) in [7, 11) is 0. The fraction of sp³-hybridized carbons (Fsp3) is 0.302. The Balaban J connectivity index is 0.000000180. The van der Waals surface area contributed by atoms with Gasteiger partial charge in [0.2, 0.25) is 0 Å². The number of nitrogens with zero attached hydrogens (tertiary/aromatic N) is 3. The van der Waals surface area contributed by atoms with E-state index in [9.17, 15) is 0 Å². The SMILES string of the molecule is CC.CC.CC.CC.CC.CC.CC.CC.CC.CC.CC.CC.CC.CC.CC.c1ccc2c(c1)Cc1c-2cc2c3c1c1ccccc1n3-c1ccc3c(c1C2)-c1ccccc1C3.c1ccc2c(c1)Cc1ccc3c(c1-2)Cc1c2c(cc4c5ccccc5n-3c14)Cc1ccccc1-2.c1ccc2c(c1)Cc1ccc3c(c1-2)Cc1cc2c(c4c5ccccc5n-3c14)-c1ccccc1C2. The Morgan fingerprint density at radius 1 is 0.152 bits per heavy atom. The zero-order chi connectivity index (χ0) is 95.9. The van der Waals surface area contributed by atoms with Crippen LogP contribution < -0.4 is 0 Å². The van der Waals surface area contributed by atoms with Crippen molar-refractivity contribution in [1.29, 1.82) is 0 Å². The molecule has 0 saturated heterocycles. The highest BCUT2D eigenvalue weighted by atomic mass is 15.0. The van der Waals surface area contributed by atoms with Crippen LogP contribution in [0.4, 0.5) is 0 Å². The van der Waals surface area contributed by atoms with Gasteiger partial charge in [0.15, 0.2) is 0 Å². The van der Waals surface area contributed by atoms with Crippen LogP contribution in [0, 0.1) is 0 Å². The van der Waals surface area contributed by atoms with Gasteiger partial charge in [-0.2, -0.15) is 0 Å². The Bertz CT molecular complexity index is 6960. The molecule has 0 radical (unpaired) electrons. The van der Waals surface area contributed by atoms with E-state index in [1.165, 1.54) is 249 Å². The molecule has 27 rings (SSSR count). The van der Waals surface area contributed by atoms with E-state index >= 15 is 0 Å². The van der Waals surface area contributed by atoms with Gasteiger partial charge in [-0.3, -0.25) is 0 Å². The van der Waals surface area contributed by atoms with Crippen LogP contribution in [0.3, 0.4) is 0 Å². The Morgan fingerprint density at radius 2 is 0.417 bits per heavy atom. The van der Waals surface area contributed by atoms with Crippen LogP contribution in [0.5, 0.6) is 0 Å². The topological polar surface area (TPSA) is 14.8 Å². The third-order valence-electron chi connectivity index (χ3n) is 25.3. The highest BCUT2D eigenvalue weighted by Gasteiger charge is 2.38. The normalized spacial score (nSPS) is 11.6. The molecule has 0 bridgehead atoms. The van der Waals surface area contributed by atoms with Gasteiger partial charge in [-0.05, 0) is 254 Å². The molecule has 684 valence electrons. The number of rotatable bonds is 0. The minimum atomic E-state index is 0.995. The van der Waals surface area contributed by atoms with Gasteiger partial charge < -0.3 is 13.7 Å². The number of hydrogen-bond acceptors (Lipinski definition) is 0. The molecule has 0 amide bonds. The second-order valence-corrected chi connectivity index (χ2v) is 30.2. The number of fused-ring (bicyclic) bond motifs is 39. The lowest BCUT2D eigenvalue weighted by atomic mass is 9.86. The summed E-state index contributed by atoms with van der Waals surface area (Å²) in [6.45, 7) is 60.0. The van der Waals surface area contributed by atoms with Gasteiger partial charge in [0.25, 0.3) is 0 Å². The van der Waals surface area contributed by atoms with E-state index in [1.807, 2.05) is 208 Å². The van der Waals surface area contributed by atoms with E-state index < -0.39 is 0 Å². The molecule has 132 heavy (non-hydrogen) atoms. The molecule has 6 heterocycles. The summed E-state index contributed by atoms with van der Waals surface area (Å²) in [5, 5.41) is 8.44. The molecular weight excluding hydrogens is 1590 g/mol. The zero-order valence-corrected chi connectivity index (χ0v) is 86.2. The highest BCUT2D eigenvalue weighted by molar-refractivity contribution is 6.20. The predicted molar refractivity (Wildman–Crippen MR) is 590 cm³/mol. The molecule has 0 unspecified atom stereocenters. The smallest absolute Gasteiger partial charge is 0.0583 e. The molecule has 3 nitrogen and oxygen atoms in total. The van der Waals surface area contributed by atoms with Crippen LogP contribution >= 0.6 is 0 Å².